The van der Waals surface area contributed by atoms with Crippen molar-refractivity contribution in [1.82, 2.24) is 10.2 Å². The minimum Gasteiger partial charge on any atom is -0.465 e. The largest absolute Gasteiger partial charge is 0.465 e. The number of nitrogens with zero attached hydrogens (tertiary/aromatic N) is 1. The van der Waals surface area contributed by atoms with Gasteiger partial charge in [0.05, 0.1) is 6.54 Å². The molecule has 1 heterocycles. The number of likely N-dealkylation sites (tertiary alicyclic amines) is 1. The lowest BCUT2D eigenvalue weighted by Gasteiger charge is -2.51. The van der Waals surface area contributed by atoms with Crippen LogP contribution in [0.2, 0.25) is 0 Å². The molecule has 1 aromatic carbocycles. The molecule has 25 heavy (non-hydrogen) atoms. The lowest BCUT2D eigenvalue weighted by atomic mass is 9.67. The van der Waals surface area contributed by atoms with Gasteiger partial charge < -0.3 is 10.4 Å². The fourth-order valence-electron chi connectivity index (χ4n) is 3.62. The Kier molecular flexibility index (Phi) is 5.50. The van der Waals surface area contributed by atoms with Gasteiger partial charge in [0, 0.05) is 12.1 Å². The summed E-state index contributed by atoms with van der Waals surface area (Å²) in [6, 6.07) is 8.73. The summed E-state index contributed by atoms with van der Waals surface area (Å²) in [4.78, 5) is 38.3. The molecule has 1 unspecified atom stereocenters. The van der Waals surface area contributed by atoms with Gasteiger partial charge in [-0.15, -0.1) is 0 Å². The van der Waals surface area contributed by atoms with Gasteiger partial charge in [-0.05, 0) is 24.7 Å². The number of Topliss-reactive ketones (excluding diaryl/α,β-unsaturated/α-hetero) is 1. The Bertz CT molecular complexity index is 651. The number of nitrogens with one attached hydrogen (secondary N) is 1. The van der Waals surface area contributed by atoms with Gasteiger partial charge in [-0.3, -0.25) is 14.5 Å². The molecule has 1 aliphatic heterocycles. The van der Waals surface area contributed by atoms with E-state index in [1.807, 2.05) is 26.8 Å². The Morgan fingerprint density at radius 3 is 2.36 bits per heavy atom. The van der Waals surface area contributed by atoms with Crippen LogP contribution in [0.3, 0.4) is 0 Å². The zero-order chi connectivity index (χ0) is 18.7. The van der Waals surface area contributed by atoms with Crippen LogP contribution in [0.1, 0.15) is 50.4 Å². The molecule has 1 fully saturated rings. The predicted molar refractivity (Wildman–Crippen MR) is 94.6 cm³/mol. The van der Waals surface area contributed by atoms with E-state index in [1.165, 1.54) is 4.90 Å². The molecule has 0 aromatic heterocycles. The van der Waals surface area contributed by atoms with Crippen molar-refractivity contribution in [3.05, 3.63) is 35.9 Å². The lowest BCUT2D eigenvalue weighted by molar-refractivity contribution is -0.143. The first-order valence-electron chi connectivity index (χ1n) is 8.57. The minimum atomic E-state index is -1.17. The lowest BCUT2D eigenvalue weighted by Crippen LogP contribution is -2.68. The Morgan fingerprint density at radius 2 is 1.80 bits per heavy atom. The number of rotatable bonds is 4. The van der Waals surface area contributed by atoms with Gasteiger partial charge in [-0.2, -0.15) is 0 Å². The van der Waals surface area contributed by atoms with E-state index >= 15 is 0 Å². The monoisotopic (exact) mass is 346 g/mol. The second-order valence-electron chi connectivity index (χ2n) is 7.47. The van der Waals surface area contributed by atoms with Crippen LogP contribution in [0.4, 0.5) is 4.79 Å². The summed E-state index contributed by atoms with van der Waals surface area (Å²) in [5.41, 5.74) is -1.24. The predicted octanol–water partition coefficient (Wildman–Crippen LogP) is 2.93. The van der Waals surface area contributed by atoms with E-state index in [9.17, 15) is 19.5 Å². The highest BCUT2D eigenvalue weighted by Gasteiger charge is 2.55. The van der Waals surface area contributed by atoms with Crippen LogP contribution in [0.15, 0.2) is 30.3 Å². The molecular formula is C19H26N2O4. The molecule has 0 aliphatic carbocycles. The summed E-state index contributed by atoms with van der Waals surface area (Å²) in [6.07, 6.45) is 0.870. The molecule has 0 saturated carbocycles. The number of amides is 2. The molecule has 1 saturated heterocycles. The van der Waals surface area contributed by atoms with Crippen molar-refractivity contribution >= 4 is 17.8 Å². The fraction of sp³-hybridized carbons (Fsp3) is 0.526. The summed E-state index contributed by atoms with van der Waals surface area (Å²) < 4.78 is 0. The summed E-state index contributed by atoms with van der Waals surface area (Å²) in [5, 5.41) is 12.3. The smallest absolute Gasteiger partial charge is 0.408 e. The molecule has 6 heteroatoms. The van der Waals surface area contributed by atoms with Crippen molar-refractivity contribution in [3.8, 4) is 0 Å². The third-order valence-electron chi connectivity index (χ3n) is 4.98. The molecule has 0 radical (unpaired) electrons. The van der Waals surface area contributed by atoms with Gasteiger partial charge in [-0.25, -0.2) is 4.79 Å². The molecule has 0 bridgehead atoms. The maximum atomic E-state index is 13.0. The summed E-state index contributed by atoms with van der Waals surface area (Å²) in [5.74, 6) is -0.595. The van der Waals surface area contributed by atoms with Crippen molar-refractivity contribution in [3.63, 3.8) is 0 Å². The average Bonchev–Trinajstić information content (AvgIpc) is 2.58. The first-order valence-corrected chi connectivity index (χ1v) is 8.57. The highest BCUT2D eigenvalue weighted by molar-refractivity contribution is 6.00. The summed E-state index contributed by atoms with van der Waals surface area (Å²) >= 11 is 0. The standard InChI is InChI=1S/C19H26N2O4/c1-18(2,3)19(11-7-8-12-21(19)17(24)25)16(23)20-13-15(22)14-9-5-4-6-10-14/h4-6,9-10H,7-8,11-13H2,1-3H3,(H,20,23)(H,24,25). The Labute approximate surface area is 148 Å². The normalized spacial score (nSPS) is 20.8. The number of hydrogen-bond donors (Lipinski definition) is 2. The van der Waals surface area contributed by atoms with Gasteiger partial charge in [0.1, 0.15) is 5.54 Å². The van der Waals surface area contributed by atoms with E-state index < -0.39 is 23.0 Å². The molecule has 1 atom stereocenters. The summed E-state index contributed by atoms with van der Waals surface area (Å²) in [6.45, 7) is 5.79. The Balaban J connectivity index is 2.22. The van der Waals surface area contributed by atoms with Crippen LogP contribution in [0, 0.1) is 5.41 Å². The van der Waals surface area contributed by atoms with Crippen molar-refractivity contribution in [2.75, 3.05) is 13.1 Å². The van der Waals surface area contributed by atoms with E-state index in [1.54, 1.807) is 24.3 Å². The van der Waals surface area contributed by atoms with E-state index in [0.717, 1.165) is 12.8 Å². The number of ketones is 1. The van der Waals surface area contributed by atoms with Crippen molar-refractivity contribution < 1.29 is 19.5 Å². The molecule has 2 N–H and O–H groups in total. The first-order chi connectivity index (χ1) is 11.7. The van der Waals surface area contributed by atoms with Gasteiger partial charge in [0.25, 0.3) is 0 Å². The third-order valence-corrected chi connectivity index (χ3v) is 4.98. The quantitative estimate of drug-likeness (QED) is 0.821. The van der Waals surface area contributed by atoms with Crippen molar-refractivity contribution in [1.29, 1.82) is 0 Å². The highest BCUT2D eigenvalue weighted by atomic mass is 16.4. The molecule has 0 spiro atoms. The molecule has 1 aliphatic rings. The topological polar surface area (TPSA) is 86.7 Å². The highest BCUT2D eigenvalue weighted by Crippen LogP contribution is 2.43. The van der Waals surface area contributed by atoms with Crippen LogP contribution >= 0.6 is 0 Å². The molecule has 136 valence electrons. The number of benzene rings is 1. The van der Waals surface area contributed by atoms with E-state index in [-0.39, 0.29) is 12.3 Å². The zero-order valence-electron chi connectivity index (χ0n) is 15.0. The number of carbonyl (C=O) groups excluding carboxylic acids is 2. The van der Waals surface area contributed by atoms with Gasteiger partial charge in [-0.1, -0.05) is 51.1 Å². The van der Waals surface area contributed by atoms with Crippen molar-refractivity contribution in [2.45, 2.75) is 45.6 Å². The Morgan fingerprint density at radius 1 is 1.16 bits per heavy atom. The van der Waals surface area contributed by atoms with Gasteiger partial charge >= 0.3 is 6.09 Å². The average molecular weight is 346 g/mol. The van der Waals surface area contributed by atoms with Crippen LogP contribution in [0.5, 0.6) is 0 Å². The third kappa shape index (κ3) is 3.67. The first kappa shape index (κ1) is 19.0. The van der Waals surface area contributed by atoms with Crippen LogP contribution in [0.25, 0.3) is 0 Å². The van der Waals surface area contributed by atoms with E-state index in [2.05, 4.69) is 5.32 Å². The Hall–Kier alpha value is -2.37. The number of carboxylic acid groups (broad SMARTS) is 1. The maximum Gasteiger partial charge on any atom is 0.408 e. The van der Waals surface area contributed by atoms with Crippen LogP contribution < -0.4 is 5.32 Å². The molecule has 1 aromatic rings. The second-order valence-corrected chi connectivity index (χ2v) is 7.47. The van der Waals surface area contributed by atoms with E-state index in [0.29, 0.717) is 18.5 Å². The second kappa shape index (κ2) is 7.25. The van der Waals surface area contributed by atoms with Crippen LogP contribution in [-0.4, -0.2) is 46.4 Å². The van der Waals surface area contributed by atoms with Gasteiger partial charge in [0.15, 0.2) is 5.78 Å². The SMILES string of the molecule is CC(C)(C)C1(C(=O)NCC(=O)c2ccccc2)CCCCN1C(=O)O. The number of carbonyl (C=O) groups is 3. The van der Waals surface area contributed by atoms with E-state index in [4.69, 9.17) is 0 Å². The molecule has 6 nitrogen and oxygen atoms in total. The molecular weight excluding hydrogens is 320 g/mol. The molecule has 2 rings (SSSR count). The zero-order valence-corrected chi connectivity index (χ0v) is 15.0. The minimum absolute atomic E-state index is 0.145. The summed E-state index contributed by atoms with van der Waals surface area (Å²) in [7, 11) is 0. The maximum absolute atomic E-state index is 13.0. The fourth-order valence-corrected chi connectivity index (χ4v) is 3.62. The number of piperidine rings is 1. The number of hydrogen-bond acceptors (Lipinski definition) is 3. The van der Waals surface area contributed by atoms with Crippen LogP contribution in [-0.2, 0) is 4.79 Å². The van der Waals surface area contributed by atoms with Gasteiger partial charge in [0.2, 0.25) is 5.91 Å². The molecule has 2 amide bonds. The van der Waals surface area contributed by atoms with Crippen molar-refractivity contribution in [2.24, 2.45) is 5.41 Å².